The van der Waals surface area contributed by atoms with Gasteiger partial charge in [0, 0.05) is 14.2 Å². The van der Waals surface area contributed by atoms with Crippen LogP contribution in [0, 0.1) is 11.3 Å². The third-order valence-corrected chi connectivity index (χ3v) is 3.08. The van der Waals surface area contributed by atoms with E-state index in [1.807, 2.05) is 0 Å². The van der Waals surface area contributed by atoms with E-state index in [9.17, 15) is 8.42 Å². The van der Waals surface area contributed by atoms with Crippen LogP contribution in [0.2, 0.25) is 0 Å². The van der Waals surface area contributed by atoms with Crippen molar-refractivity contribution >= 4 is 10.0 Å². The van der Waals surface area contributed by atoms with Gasteiger partial charge in [0.2, 0.25) is 10.0 Å². The Morgan fingerprint density at radius 1 is 1.58 bits per heavy atom. The van der Waals surface area contributed by atoms with Crippen LogP contribution in [0.1, 0.15) is 0 Å². The quantitative estimate of drug-likeness (QED) is 0.546. The van der Waals surface area contributed by atoms with Crippen LogP contribution in [0.3, 0.4) is 0 Å². The molecule has 0 aliphatic rings. The van der Waals surface area contributed by atoms with Gasteiger partial charge in [-0.2, -0.15) is 9.57 Å². The Morgan fingerprint density at radius 3 is 2.58 bits per heavy atom. The van der Waals surface area contributed by atoms with E-state index in [-0.39, 0.29) is 18.9 Å². The van der Waals surface area contributed by atoms with Crippen molar-refractivity contribution < 1.29 is 13.2 Å². The summed E-state index contributed by atoms with van der Waals surface area (Å²) in [6.45, 7) is 0.0319. The third kappa shape index (κ3) is 3.67. The first-order valence-corrected chi connectivity index (χ1v) is 4.95. The van der Waals surface area contributed by atoms with Crippen molar-refractivity contribution in [3.63, 3.8) is 0 Å². The molecule has 0 aromatic carbocycles. The normalized spacial score (nSPS) is 11.5. The first-order chi connectivity index (χ1) is 5.54. The average molecular weight is 192 g/mol. The molecule has 12 heavy (non-hydrogen) atoms. The Balaban J connectivity index is 4.12. The number of ether oxygens (including phenoxy) is 1. The summed E-state index contributed by atoms with van der Waals surface area (Å²) < 4.78 is 28.0. The van der Waals surface area contributed by atoms with Crippen LogP contribution in [0.15, 0.2) is 0 Å². The zero-order valence-corrected chi connectivity index (χ0v) is 7.97. The molecule has 0 bridgehead atoms. The van der Waals surface area contributed by atoms with Crippen molar-refractivity contribution in [3.05, 3.63) is 0 Å². The maximum atomic E-state index is 11.2. The van der Waals surface area contributed by atoms with Crippen molar-refractivity contribution in [2.45, 2.75) is 0 Å². The molecule has 0 N–H and O–H groups in total. The standard InChI is InChI=1S/C6H12N2O3S/c1-8(4-3-7)12(9,10)6-5-11-2/h4-6H2,1-2H3. The van der Waals surface area contributed by atoms with Gasteiger partial charge >= 0.3 is 0 Å². The van der Waals surface area contributed by atoms with Crippen LogP contribution in [0.25, 0.3) is 0 Å². The van der Waals surface area contributed by atoms with Crippen molar-refractivity contribution in [2.75, 3.05) is 33.1 Å². The van der Waals surface area contributed by atoms with Crippen molar-refractivity contribution in [1.29, 1.82) is 5.26 Å². The lowest BCUT2D eigenvalue weighted by atomic mass is 10.7. The number of rotatable bonds is 5. The highest BCUT2D eigenvalue weighted by atomic mass is 32.2. The van der Waals surface area contributed by atoms with E-state index in [4.69, 9.17) is 5.26 Å². The van der Waals surface area contributed by atoms with Crippen LogP contribution in [-0.2, 0) is 14.8 Å². The van der Waals surface area contributed by atoms with Gasteiger partial charge in [-0.3, -0.25) is 0 Å². The maximum Gasteiger partial charge on any atom is 0.217 e. The molecule has 0 aliphatic heterocycles. The molecule has 0 heterocycles. The van der Waals surface area contributed by atoms with E-state index >= 15 is 0 Å². The van der Waals surface area contributed by atoms with Crippen LogP contribution < -0.4 is 0 Å². The van der Waals surface area contributed by atoms with E-state index < -0.39 is 10.0 Å². The molecule has 0 radical (unpaired) electrons. The summed E-state index contributed by atoms with van der Waals surface area (Å²) in [6, 6.07) is 1.76. The first-order valence-electron chi connectivity index (χ1n) is 3.34. The van der Waals surface area contributed by atoms with Crippen LogP contribution in [0.4, 0.5) is 0 Å². The van der Waals surface area contributed by atoms with Gasteiger partial charge in [0.1, 0.15) is 6.54 Å². The minimum Gasteiger partial charge on any atom is -0.384 e. The summed E-state index contributed by atoms with van der Waals surface area (Å²) in [4.78, 5) is 0. The zero-order chi connectivity index (χ0) is 9.61. The molecule has 70 valence electrons. The summed E-state index contributed by atoms with van der Waals surface area (Å²) >= 11 is 0. The third-order valence-electron chi connectivity index (χ3n) is 1.31. The molecule has 5 nitrogen and oxygen atoms in total. The molecule has 0 spiro atoms. The van der Waals surface area contributed by atoms with E-state index in [0.29, 0.717) is 0 Å². The molecule has 0 rings (SSSR count). The Bertz CT molecular complexity index is 254. The molecule has 0 fully saturated rings. The largest absolute Gasteiger partial charge is 0.384 e. The molecule has 0 aliphatic carbocycles. The van der Waals surface area contributed by atoms with E-state index in [1.54, 1.807) is 6.07 Å². The van der Waals surface area contributed by atoms with Crippen molar-refractivity contribution in [3.8, 4) is 6.07 Å². The van der Waals surface area contributed by atoms with Gasteiger partial charge in [-0.15, -0.1) is 0 Å². The molecule has 0 aromatic heterocycles. The number of hydrogen-bond donors (Lipinski definition) is 0. The minimum atomic E-state index is -3.30. The SMILES string of the molecule is COCCS(=O)(=O)N(C)CC#N. The van der Waals surface area contributed by atoms with Gasteiger partial charge < -0.3 is 4.74 Å². The fourth-order valence-electron chi connectivity index (χ4n) is 0.542. The van der Waals surface area contributed by atoms with Crippen LogP contribution in [-0.4, -0.2) is 45.8 Å². The Morgan fingerprint density at radius 2 is 2.17 bits per heavy atom. The van der Waals surface area contributed by atoms with Gasteiger partial charge in [0.15, 0.2) is 0 Å². The number of methoxy groups -OCH3 is 1. The summed E-state index contributed by atoms with van der Waals surface area (Å²) in [5, 5.41) is 8.24. The van der Waals surface area contributed by atoms with E-state index in [1.165, 1.54) is 14.2 Å². The van der Waals surface area contributed by atoms with Crippen LogP contribution >= 0.6 is 0 Å². The molecule has 0 aromatic rings. The second-order valence-electron chi connectivity index (χ2n) is 2.22. The molecular formula is C6H12N2O3S. The Kier molecular flexibility index (Phi) is 4.81. The minimum absolute atomic E-state index is 0.0817. The Hall–Kier alpha value is -0.640. The van der Waals surface area contributed by atoms with Crippen molar-refractivity contribution in [1.82, 2.24) is 4.31 Å². The number of hydrogen-bond acceptors (Lipinski definition) is 4. The van der Waals surface area contributed by atoms with Crippen molar-refractivity contribution in [2.24, 2.45) is 0 Å². The highest BCUT2D eigenvalue weighted by Crippen LogP contribution is 1.96. The van der Waals surface area contributed by atoms with Gasteiger partial charge in [0.05, 0.1) is 18.4 Å². The summed E-state index contributed by atoms with van der Waals surface area (Å²) in [5.41, 5.74) is 0. The number of nitriles is 1. The predicted octanol–water partition coefficient (Wildman–Crippen LogP) is -0.582. The van der Waals surface area contributed by atoms with E-state index in [0.717, 1.165) is 4.31 Å². The highest BCUT2D eigenvalue weighted by molar-refractivity contribution is 7.89. The summed E-state index contributed by atoms with van der Waals surface area (Å²) in [6.07, 6.45) is 0. The topological polar surface area (TPSA) is 70.4 Å². The number of nitrogens with zero attached hydrogens (tertiary/aromatic N) is 2. The molecule has 0 unspecified atom stereocenters. The maximum absolute atomic E-state index is 11.2. The van der Waals surface area contributed by atoms with Gasteiger partial charge in [-0.25, -0.2) is 8.42 Å². The monoisotopic (exact) mass is 192 g/mol. The highest BCUT2D eigenvalue weighted by Gasteiger charge is 2.16. The molecule has 0 saturated heterocycles. The van der Waals surface area contributed by atoms with E-state index in [2.05, 4.69) is 4.74 Å². The second kappa shape index (κ2) is 5.09. The summed E-state index contributed by atoms with van der Waals surface area (Å²) in [5.74, 6) is -0.0817. The number of sulfonamides is 1. The molecule has 0 saturated carbocycles. The average Bonchev–Trinajstić information content (AvgIpc) is 2.01. The van der Waals surface area contributed by atoms with Gasteiger partial charge in [-0.1, -0.05) is 0 Å². The second-order valence-corrected chi connectivity index (χ2v) is 4.42. The van der Waals surface area contributed by atoms with Gasteiger partial charge in [0.25, 0.3) is 0 Å². The molecule has 0 atom stereocenters. The lowest BCUT2D eigenvalue weighted by molar-refractivity contribution is 0.216. The predicted molar refractivity (Wildman–Crippen MR) is 43.9 cm³/mol. The zero-order valence-electron chi connectivity index (χ0n) is 7.15. The fraction of sp³-hybridized carbons (Fsp3) is 0.833. The van der Waals surface area contributed by atoms with Gasteiger partial charge in [-0.05, 0) is 0 Å². The van der Waals surface area contributed by atoms with Crippen LogP contribution in [0.5, 0.6) is 0 Å². The lowest BCUT2D eigenvalue weighted by Crippen LogP contribution is -2.31. The Labute approximate surface area is 72.6 Å². The molecule has 6 heteroatoms. The first kappa shape index (κ1) is 11.4. The molecular weight excluding hydrogens is 180 g/mol. The lowest BCUT2D eigenvalue weighted by Gasteiger charge is -2.12. The smallest absolute Gasteiger partial charge is 0.217 e. The molecule has 0 amide bonds. The fourth-order valence-corrected chi connectivity index (χ4v) is 1.49. The summed E-state index contributed by atoms with van der Waals surface area (Å²) in [7, 11) is -0.499.